The predicted molar refractivity (Wildman–Crippen MR) is 101 cm³/mol. The molecule has 26 heavy (non-hydrogen) atoms. The Balaban J connectivity index is 1.82. The molecule has 0 aromatic carbocycles. The van der Waals surface area contributed by atoms with E-state index in [9.17, 15) is 15.0 Å². The van der Waals surface area contributed by atoms with Crippen molar-refractivity contribution in [2.45, 2.75) is 59.0 Å². The van der Waals surface area contributed by atoms with Crippen LogP contribution in [0.4, 0.5) is 0 Å². The lowest BCUT2D eigenvalue weighted by atomic mass is 9.47. The minimum absolute atomic E-state index is 0.0140. The molecule has 0 radical (unpaired) electrons. The van der Waals surface area contributed by atoms with E-state index in [0.717, 1.165) is 30.4 Å². The first-order valence-corrected chi connectivity index (χ1v) is 9.70. The van der Waals surface area contributed by atoms with Gasteiger partial charge in [0.2, 0.25) is 0 Å². The molecule has 0 aromatic rings. The van der Waals surface area contributed by atoms with E-state index in [0.29, 0.717) is 12.3 Å². The molecule has 3 nitrogen and oxygen atoms in total. The third kappa shape index (κ3) is 1.97. The average molecular weight is 352 g/mol. The first-order chi connectivity index (χ1) is 12.2. The maximum Gasteiger partial charge on any atom is 0.169 e. The summed E-state index contributed by atoms with van der Waals surface area (Å²) >= 11 is 0. The summed E-state index contributed by atoms with van der Waals surface area (Å²) in [7, 11) is 0. The fourth-order valence-electron chi connectivity index (χ4n) is 6.57. The lowest BCUT2D eigenvalue weighted by Crippen LogP contribution is -2.55. The molecule has 0 amide bonds. The zero-order valence-electron chi connectivity index (χ0n) is 16.1. The van der Waals surface area contributed by atoms with E-state index in [-0.39, 0.29) is 28.8 Å². The van der Waals surface area contributed by atoms with Gasteiger partial charge in [0, 0.05) is 11.5 Å². The van der Waals surface area contributed by atoms with Crippen LogP contribution in [-0.4, -0.2) is 21.6 Å². The van der Waals surface area contributed by atoms with Crippen molar-refractivity contribution < 1.29 is 15.0 Å². The monoisotopic (exact) mass is 352 g/mol. The van der Waals surface area contributed by atoms with Gasteiger partial charge < -0.3 is 10.2 Å². The molecule has 4 aliphatic carbocycles. The fourth-order valence-corrected chi connectivity index (χ4v) is 6.57. The summed E-state index contributed by atoms with van der Waals surface area (Å²) in [6, 6.07) is 0. The highest BCUT2D eigenvalue weighted by Crippen LogP contribution is 2.66. The van der Waals surface area contributed by atoms with Gasteiger partial charge in [0.25, 0.3) is 0 Å². The topological polar surface area (TPSA) is 57.5 Å². The number of aliphatic hydroxyl groups excluding tert-OH is 1. The van der Waals surface area contributed by atoms with Gasteiger partial charge in [-0.25, -0.2) is 0 Å². The molecule has 0 unspecified atom stereocenters. The van der Waals surface area contributed by atoms with E-state index in [4.69, 9.17) is 0 Å². The summed E-state index contributed by atoms with van der Waals surface area (Å²) in [6.07, 6.45) is 8.88. The van der Waals surface area contributed by atoms with Crippen LogP contribution >= 0.6 is 0 Å². The predicted octanol–water partition coefficient (Wildman–Crippen LogP) is 4.10. The largest absolute Gasteiger partial charge is 0.508 e. The quantitative estimate of drug-likeness (QED) is 0.645. The van der Waals surface area contributed by atoms with E-state index >= 15 is 0 Å². The summed E-state index contributed by atoms with van der Waals surface area (Å²) in [4.78, 5) is 13.0. The summed E-state index contributed by atoms with van der Waals surface area (Å²) in [5, 5.41) is 21.2. The van der Waals surface area contributed by atoms with Crippen molar-refractivity contribution in [2.24, 2.45) is 28.6 Å². The number of carbonyl (C=O) groups is 1. The summed E-state index contributed by atoms with van der Waals surface area (Å²) in [6.45, 7) is 8.08. The van der Waals surface area contributed by atoms with Gasteiger partial charge in [0.1, 0.15) is 11.4 Å². The van der Waals surface area contributed by atoms with Crippen LogP contribution in [0.2, 0.25) is 0 Å². The number of fused-ring (bicyclic) bond motifs is 5. The molecule has 2 N–H and O–H groups in total. The Hall–Kier alpha value is -1.79. The lowest BCUT2D eigenvalue weighted by molar-refractivity contribution is -0.130. The van der Waals surface area contributed by atoms with Gasteiger partial charge in [-0.1, -0.05) is 24.5 Å². The molecule has 138 valence electrons. The van der Waals surface area contributed by atoms with Gasteiger partial charge in [-0.3, -0.25) is 4.79 Å². The van der Waals surface area contributed by atoms with E-state index in [1.54, 1.807) is 13.0 Å². The Labute approximate surface area is 155 Å². The Morgan fingerprint density at radius 1 is 1.15 bits per heavy atom. The second-order valence-electron chi connectivity index (χ2n) is 9.06. The molecule has 0 spiro atoms. The van der Waals surface area contributed by atoms with Gasteiger partial charge in [-0.05, 0) is 75.9 Å². The van der Waals surface area contributed by atoms with Gasteiger partial charge in [-0.2, -0.15) is 0 Å². The highest BCUT2D eigenvalue weighted by Gasteiger charge is 2.64. The highest BCUT2D eigenvalue weighted by molar-refractivity contribution is 6.00. The maximum absolute atomic E-state index is 13.0. The Kier molecular flexibility index (Phi) is 3.63. The second-order valence-corrected chi connectivity index (χ2v) is 9.06. The van der Waals surface area contributed by atoms with Gasteiger partial charge in [-0.15, -0.1) is 5.92 Å². The molecule has 6 atom stereocenters. The Morgan fingerprint density at radius 3 is 2.54 bits per heavy atom. The van der Waals surface area contributed by atoms with Crippen LogP contribution in [0.3, 0.4) is 0 Å². The third-order valence-corrected chi connectivity index (χ3v) is 8.07. The van der Waals surface area contributed by atoms with E-state index in [1.807, 2.05) is 13.8 Å². The van der Waals surface area contributed by atoms with Crippen LogP contribution in [0.15, 0.2) is 35.1 Å². The second kappa shape index (κ2) is 5.36. The number of aliphatic hydroxyl groups is 2. The molecule has 4 aliphatic rings. The lowest BCUT2D eigenvalue weighted by Gasteiger charge is -2.56. The molecule has 2 saturated carbocycles. The molecule has 0 aromatic heterocycles. The fraction of sp³-hybridized carbons (Fsp3) is 0.609. The zero-order chi connectivity index (χ0) is 18.9. The van der Waals surface area contributed by atoms with Crippen molar-refractivity contribution in [2.75, 3.05) is 0 Å². The van der Waals surface area contributed by atoms with Crippen molar-refractivity contribution in [1.29, 1.82) is 0 Å². The summed E-state index contributed by atoms with van der Waals surface area (Å²) in [5.74, 6) is 6.93. The molecule has 0 aliphatic heterocycles. The average Bonchev–Trinajstić information content (AvgIpc) is 2.82. The van der Waals surface area contributed by atoms with Gasteiger partial charge in [0.15, 0.2) is 5.78 Å². The van der Waals surface area contributed by atoms with E-state index in [1.165, 1.54) is 6.08 Å². The third-order valence-electron chi connectivity index (χ3n) is 8.07. The van der Waals surface area contributed by atoms with Crippen LogP contribution in [-0.2, 0) is 4.79 Å². The van der Waals surface area contributed by atoms with Crippen LogP contribution < -0.4 is 0 Å². The van der Waals surface area contributed by atoms with Crippen molar-refractivity contribution in [3.8, 4) is 11.8 Å². The molecule has 4 rings (SSSR count). The van der Waals surface area contributed by atoms with Crippen molar-refractivity contribution in [3.05, 3.63) is 35.1 Å². The van der Waals surface area contributed by atoms with Crippen LogP contribution in [0.1, 0.15) is 53.4 Å². The smallest absolute Gasteiger partial charge is 0.169 e. The Morgan fingerprint density at radius 2 is 1.85 bits per heavy atom. The van der Waals surface area contributed by atoms with Crippen molar-refractivity contribution in [3.63, 3.8) is 0 Å². The summed E-state index contributed by atoms with van der Waals surface area (Å²) < 4.78 is 0. The number of hydrogen-bond donors (Lipinski definition) is 2. The molecular weight excluding hydrogens is 324 g/mol. The first kappa shape index (κ1) is 17.6. The SMILES string of the molecule is CC#C[C@]1(O)CC[C@H]2[C@@H]3C=C(C)C4=CC(O)=CC(=O)[C@]4(C)[C@H]3CC[C@@]21C. The number of hydrogen-bond acceptors (Lipinski definition) is 3. The molecule has 3 heteroatoms. The summed E-state index contributed by atoms with van der Waals surface area (Å²) in [5.41, 5.74) is 0.317. The number of ketones is 1. The molecular formula is C23H28O3. The van der Waals surface area contributed by atoms with E-state index < -0.39 is 11.0 Å². The minimum Gasteiger partial charge on any atom is -0.508 e. The minimum atomic E-state index is -0.926. The van der Waals surface area contributed by atoms with Crippen molar-refractivity contribution in [1.82, 2.24) is 0 Å². The van der Waals surface area contributed by atoms with Gasteiger partial charge in [0.05, 0.1) is 5.41 Å². The molecule has 0 bridgehead atoms. The maximum atomic E-state index is 13.0. The standard InChI is InChI=1S/C23H28O3/c1-5-8-23(26)10-7-17-16-11-14(2)19-12-15(24)13-20(25)22(19,4)18(16)6-9-21(17,23)3/h11-13,16-18,24,26H,6-7,9-10H2,1-4H3/t16-,17-,18-,21-,22+,23-/m0/s1. The zero-order valence-corrected chi connectivity index (χ0v) is 16.1. The molecule has 0 heterocycles. The van der Waals surface area contributed by atoms with Crippen molar-refractivity contribution >= 4 is 5.78 Å². The number of allylic oxidation sites excluding steroid dienone is 5. The van der Waals surface area contributed by atoms with E-state index in [2.05, 4.69) is 24.8 Å². The van der Waals surface area contributed by atoms with Crippen LogP contribution in [0.25, 0.3) is 0 Å². The molecule has 2 fully saturated rings. The molecule has 0 saturated heterocycles. The number of rotatable bonds is 0. The normalized spacial score (nSPS) is 46.7. The van der Waals surface area contributed by atoms with Crippen LogP contribution in [0, 0.1) is 40.4 Å². The number of carbonyl (C=O) groups excluding carboxylic acids is 1. The van der Waals surface area contributed by atoms with Gasteiger partial charge >= 0.3 is 0 Å². The van der Waals surface area contributed by atoms with Crippen LogP contribution in [0.5, 0.6) is 0 Å². The highest BCUT2D eigenvalue weighted by atomic mass is 16.3. The first-order valence-electron chi connectivity index (χ1n) is 9.70. The Bertz CT molecular complexity index is 835.